The predicted octanol–water partition coefficient (Wildman–Crippen LogP) is 2.87. The Morgan fingerprint density at radius 3 is 2.19 bits per heavy atom. The molecular formula is C23H30N2O6. The first-order valence-corrected chi connectivity index (χ1v) is 10.7. The molecule has 168 valence electrons. The van der Waals surface area contributed by atoms with Gasteiger partial charge >= 0.3 is 11.9 Å². The lowest BCUT2D eigenvalue weighted by atomic mass is 9.77. The molecule has 0 spiro atoms. The third kappa shape index (κ3) is 4.89. The molecule has 0 aromatic heterocycles. The number of hydrogen-bond acceptors (Lipinski definition) is 6. The number of benzene rings is 1. The SMILES string of the molecule is COC(=O)c1cc(NC(=O)[C@@H]2CC(=O)N([C@@H]3CCC[C@H](C)[C@@H]3C)C2)cc(C(=O)OC)c1. The number of methoxy groups -OCH3 is 2. The van der Waals surface area contributed by atoms with E-state index in [2.05, 4.69) is 19.2 Å². The minimum absolute atomic E-state index is 0.00432. The van der Waals surface area contributed by atoms with Crippen LogP contribution in [0.25, 0.3) is 0 Å². The number of nitrogens with one attached hydrogen (secondary N) is 1. The lowest BCUT2D eigenvalue weighted by molar-refractivity contribution is -0.131. The van der Waals surface area contributed by atoms with Gasteiger partial charge in [-0.2, -0.15) is 0 Å². The zero-order valence-electron chi connectivity index (χ0n) is 18.5. The van der Waals surface area contributed by atoms with Crippen molar-refractivity contribution in [1.82, 2.24) is 4.90 Å². The van der Waals surface area contributed by atoms with Crippen molar-refractivity contribution in [3.8, 4) is 0 Å². The van der Waals surface area contributed by atoms with Crippen LogP contribution >= 0.6 is 0 Å². The summed E-state index contributed by atoms with van der Waals surface area (Å²) in [6, 6.07) is 4.40. The Morgan fingerprint density at radius 2 is 1.61 bits per heavy atom. The zero-order valence-corrected chi connectivity index (χ0v) is 18.5. The van der Waals surface area contributed by atoms with Crippen LogP contribution in [0.1, 0.15) is 60.2 Å². The molecule has 1 N–H and O–H groups in total. The van der Waals surface area contributed by atoms with Crippen molar-refractivity contribution >= 4 is 29.4 Å². The summed E-state index contributed by atoms with van der Waals surface area (Å²) >= 11 is 0. The molecule has 1 aromatic rings. The molecule has 0 unspecified atom stereocenters. The highest BCUT2D eigenvalue weighted by Crippen LogP contribution is 2.36. The zero-order chi connectivity index (χ0) is 22.7. The van der Waals surface area contributed by atoms with E-state index < -0.39 is 17.9 Å². The molecule has 1 saturated heterocycles. The third-order valence-corrected chi connectivity index (χ3v) is 6.64. The smallest absolute Gasteiger partial charge is 0.337 e. The number of rotatable bonds is 5. The number of anilines is 1. The van der Waals surface area contributed by atoms with Crippen LogP contribution in [0.4, 0.5) is 5.69 Å². The van der Waals surface area contributed by atoms with Gasteiger partial charge in [0.15, 0.2) is 0 Å². The van der Waals surface area contributed by atoms with Crippen molar-refractivity contribution in [3.05, 3.63) is 29.3 Å². The van der Waals surface area contributed by atoms with E-state index in [-0.39, 0.29) is 41.1 Å². The first kappa shape index (κ1) is 22.8. The van der Waals surface area contributed by atoms with Crippen LogP contribution < -0.4 is 5.32 Å². The second kappa shape index (κ2) is 9.49. The summed E-state index contributed by atoms with van der Waals surface area (Å²) in [5, 5.41) is 2.75. The van der Waals surface area contributed by atoms with Gasteiger partial charge in [-0.25, -0.2) is 9.59 Å². The van der Waals surface area contributed by atoms with Gasteiger partial charge in [-0.3, -0.25) is 9.59 Å². The van der Waals surface area contributed by atoms with E-state index in [9.17, 15) is 19.2 Å². The van der Waals surface area contributed by atoms with E-state index in [0.717, 1.165) is 12.8 Å². The Morgan fingerprint density at radius 1 is 1.00 bits per heavy atom. The van der Waals surface area contributed by atoms with Gasteiger partial charge in [0, 0.05) is 24.7 Å². The largest absolute Gasteiger partial charge is 0.465 e. The van der Waals surface area contributed by atoms with Crippen LogP contribution in [0.3, 0.4) is 0 Å². The standard InChI is InChI=1S/C23H30N2O6/c1-13-6-5-7-19(14(13)2)25-12-17(11-20(25)26)21(27)24-18-9-15(22(28)30-3)8-16(10-18)23(29)31-4/h8-10,13-14,17,19H,5-7,11-12H2,1-4H3,(H,24,27)/t13-,14-,17+,19+/m0/s1. The highest BCUT2D eigenvalue weighted by Gasteiger charge is 2.41. The molecule has 2 aliphatic rings. The minimum Gasteiger partial charge on any atom is -0.465 e. The highest BCUT2D eigenvalue weighted by molar-refractivity contribution is 6.01. The minimum atomic E-state index is -0.635. The van der Waals surface area contributed by atoms with Crippen LogP contribution in [0.2, 0.25) is 0 Å². The van der Waals surface area contributed by atoms with Gasteiger partial charge in [-0.05, 0) is 36.5 Å². The molecule has 0 bridgehead atoms. The predicted molar refractivity (Wildman–Crippen MR) is 114 cm³/mol. The molecule has 8 nitrogen and oxygen atoms in total. The van der Waals surface area contributed by atoms with Crippen molar-refractivity contribution in [2.45, 2.75) is 45.6 Å². The van der Waals surface area contributed by atoms with Gasteiger partial charge in [-0.1, -0.05) is 26.7 Å². The molecule has 1 saturated carbocycles. The van der Waals surface area contributed by atoms with Crippen LogP contribution in [0, 0.1) is 17.8 Å². The third-order valence-electron chi connectivity index (χ3n) is 6.64. The molecule has 0 radical (unpaired) electrons. The monoisotopic (exact) mass is 430 g/mol. The van der Waals surface area contributed by atoms with Crippen molar-refractivity contribution < 1.29 is 28.7 Å². The van der Waals surface area contributed by atoms with E-state index in [1.54, 1.807) is 0 Å². The average Bonchev–Trinajstić information content (AvgIpc) is 3.15. The number of esters is 2. The first-order chi connectivity index (χ1) is 14.7. The maximum Gasteiger partial charge on any atom is 0.337 e. The summed E-state index contributed by atoms with van der Waals surface area (Å²) in [5.74, 6) is -1.11. The van der Waals surface area contributed by atoms with E-state index in [1.165, 1.54) is 38.8 Å². The second-order valence-corrected chi connectivity index (χ2v) is 8.55. The summed E-state index contributed by atoms with van der Waals surface area (Å²) in [6.45, 7) is 4.78. The number of carbonyl (C=O) groups is 4. The number of amides is 2. The van der Waals surface area contributed by atoms with Crippen molar-refractivity contribution in [1.29, 1.82) is 0 Å². The summed E-state index contributed by atoms with van der Waals surface area (Å²) < 4.78 is 9.45. The van der Waals surface area contributed by atoms with Gasteiger partial charge in [0.25, 0.3) is 0 Å². The number of likely N-dealkylation sites (tertiary alicyclic amines) is 1. The molecule has 1 heterocycles. The Kier molecular flexibility index (Phi) is 6.97. The maximum absolute atomic E-state index is 12.9. The molecule has 3 rings (SSSR count). The molecule has 31 heavy (non-hydrogen) atoms. The fraction of sp³-hybridized carbons (Fsp3) is 0.565. The Hall–Kier alpha value is -2.90. The Balaban J connectivity index is 1.75. The molecule has 2 fully saturated rings. The van der Waals surface area contributed by atoms with Crippen LogP contribution in [0.5, 0.6) is 0 Å². The number of ether oxygens (including phenoxy) is 2. The highest BCUT2D eigenvalue weighted by atomic mass is 16.5. The van der Waals surface area contributed by atoms with Gasteiger partial charge in [0.05, 0.1) is 31.3 Å². The molecule has 4 atom stereocenters. The van der Waals surface area contributed by atoms with E-state index in [1.807, 2.05) is 4.90 Å². The maximum atomic E-state index is 12.9. The van der Waals surface area contributed by atoms with Gasteiger partial charge in [-0.15, -0.1) is 0 Å². The van der Waals surface area contributed by atoms with Crippen molar-refractivity contribution in [2.24, 2.45) is 17.8 Å². The Labute approximate surface area is 182 Å². The molecule has 1 aliphatic heterocycles. The number of hydrogen-bond donors (Lipinski definition) is 1. The van der Waals surface area contributed by atoms with Crippen LogP contribution in [0.15, 0.2) is 18.2 Å². The molecule has 1 aliphatic carbocycles. The summed E-state index contributed by atoms with van der Waals surface area (Å²) in [5.41, 5.74) is 0.517. The van der Waals surface area contributed by atoms with E-state index in [4.69, 9.17) is 9.47 Å². The van der Waals surface area contributed by atoms with Crippen molar-refractivity contribution in [2.75, 3.05) is 26.1 Å². The molecule has 8 heteroatoms. The summed E-state index contributed by atoms with van der Waals surface area (Å²) in [7, 11) is 2.47. The lowest BCUT2D eigenvalue weighted by Crippen LogP contribution is -2.45. The topological polar surface area (TPSA) is 102 Å². The fourth-order valence-electron chi connectivity index (χ4n) is 4.64. The van der Waals surface area contributed by atoms with Gasteiger partial charge < -0.3 is 19.7 Å². The molecule has 2 amide bonds. The van der Waals surface area contributed by atoms with Gasteiger partial charge in [0.1, 0.15) is 0 Å². The van der Waals surface area contributed by atoms with Crippen molar-refractivity contribution in [3.63, 3.8) is 0 Å². The normalized spacial score (nSPS) is 25.8. The molecule has 1 aromatic carbocycles. The fourth-order valence-corrected chi connectivity index (χ4v) is 4.64. The summed E-state index contributed by atoms with van der Waals surface area (Å²) in [6.07, 6.45) is 3.38. The summed E-state index contributed by atoms with van der Waals surface area (Å²) in [4.78, 5) is 51.4. The lowest BCUT2D eigenvalue weighted by Gasteiger charge is -2.40. The molecular weight excluding hydrogens is 400 g/mol. The van der Waals surface area contributed by atoms with Crippen LogP contribution in [-0.4, -0.2) is 55.5 Å². The number of nitrogens with zero attached hydrogens (tertiary/aromatic N) is 1. The van der Waals surface area contributed by atoms with E-state index in [0.29, 0.717) is 18.4 Å². The quantitative estimate of drug-likeness (QED) is 0.721. The Bertz CT molecular complexity index is 849. The van der Waals surface area contributed by atoms with E-state index >= 15 is 0 Å². The average molecular weight is 431 g/mol. The number of carbonyl (C=O) groups excluding carboxylic acids is 4. The first-order valence-electron chi connectivity index (χ1n) is 10.7. The second-order valence-electron chi connectivity index (χ2n) is 8.55. The van der Waals surface area contributed by atoms with Crippen LogP contribution in [-0.2, 0) is 19.1 Å². The van der Waals surface area contributed by atoms with Gasteiger partial charge in [0.2, 0.25) is 11.8 Å².